The molecule has 9 heteroatoms. The molecule has 0 bridgehead atoms. The molecule has 4 rings (SSSR count). The Morgan fingerprint density at radius 2 is 2.13 bits per heavy atom. The molecular weight excluding hydrogens is 296 g/mol. The Balaban J connectivity index is 1.56. The highest BCUT2D eigenvalue weighted by Gasteiger charge is 2.25. The van der Waals surface area contributed by atoms with Crippen molar-refractivity contribution >= 4 is 0 Å². The molecule has 3 aromatic rings. The smallest absolute Gasteiger partial charge is 0.257 e. The summed E-state index contributed by atoms with van der Waals surface area (Å²) in [6.45, 7) is 2.78. The van der Waals surface area contributed by atoms with Gasteiger partial charge in [-0.1, -0.05) is 5.16 Å². The second-order valence-corrected chi connectivity index (χ2v) is 5.46. The van der Waals surface area contributed by atoms with Crippen LogP contribution in [0.4, 0.5) is 0 Å². The van der Waals surface area contributed by atoms with Crippen LogP contribution in [0.5, 0.6) is 0 Å². The molecule has 23 heavy (non-hydrogen) atoms. The maximum absolute atomic E-state index is 5.42. The van der Waals surface area contributed by atoms with E-state index in [2.05, 4.69) is 42.9 Å². The summed E-state index contributed by atoms with van der Waals surface area (Å²) in [5.41, 5.74) is 1.74. The zero-order valence-electron chi connectivity index (χ0n) is 12.6. The highest BCUT2D eigenvalue weighted by Crippen LogP contribution is 2.23. The molecule has 0 amide bonds. The monoisotopic (exact) mass is 312 g/mol. The van der Waals surface area contributed by atoms with Gasteiger partial charge in [0, 0.05) is 25.2 Å². The number of hydrogen-bond donors (Lipinski definition) is 1. The molecule has 3 heterocycles. The summed E-state index contributed by atoms with van der Waals surface area (Å²) in [7, 11) is 2.07. The summed E-state index contributed by atoms with van der Waals surface area (Å²) in [5, 5.41) is 18.6. The van der Waals surface area contributed by atoms with Gasteiger partial charge in [0.25, 0.3) is 5.89 Å². The molecule has 1 fully saturated rings. The van der Waals surface area contributed by atoms with E-state index in [1.54, 1.807) is 11.0 Å². The number of nitrogens with zero attached hydrogens (tertiary/aromatic N) is 7. The maximum Gasteiger partial charge on any atom is 0.257 e. The van der Waals surface area contributed by atoms with E-state index in [9.17, 15) is 0 Å². The highest BCUT2D eigenvalue weighted by molar-refractivity contribution is 5.55. The highest BCUT2D eigenvalue weighted by atomic mass is 16.5. The zero-order chi connectivity index (χ0) is 15.6. The van der Waals surface area contributed by atoms with E-state index in [0.29, 0.717) is 11.7 Å². The molecule has 1 aliphatic heterocycles. The van der Waals surface area contributed by atoms with Gasteiger partial charge in [-0.3, -0.25) is 4.90 Å². The van der Waals surface area contributed by atoms with Crippen LogP contribution < -0.4 is 5.32 Å². The van der Waals surface area contributed by atoms with E-state index in [1.807, 2.05) is 24.3 Å². The topological polar surface area (TPSA) is 97.8 Å². The van der Waals surface area contributed by atoms with Crippen molar-refractivity contribution in [1.82, 2.24) is 40.6 Å². The van der Waals surface area contributed by atoms with Crippen LogP contribution >= 0.6 is 0 Å². The molecule has 1 saturated heterocycles. The number of benzene rings is 1. The van der Waals surface area contributed by atoms with Crippen LogP contribution in [0.15, 0.2) is 35.1 Å². The average molecular weight is 312 g/mol. The first-order valence-electron chi connectivity index (χ1n) is 7.39. The second kappa shape index (κ2) is 5.86. The maximum atomic E-state index is 5.42. The number of likely N-dealkylation sites (N-methyl/N-ethyl adjacent to an activating group) is 1. The van der Waals surface area contributed by atoms with Gasteiger partial charge in [0.2, 0.25) is 0 Å². The van der Waals surface area contributed by atoms with Crippen molar-refractivity contribution in [2.75, 3.05) is 26.7 Å². The quantitative estimate of drug-likeness (QED) is 0.737. The fourth-order valence-electron chi connectivity index (χ4n) is 2.62. The average Bonchev–Trinajstić information content (AvgIpc) is 3.27. The largest absolute Gasteiger partial charge is 0.334 e. The van der Waals surface area contributed by atoms with Gasteiger partial charge in [-0.05, 0) is 41.7 Å². The number of rotatable bonds is 3. The molecule has 1 aromatic carbocycles. The van der Waals surface area contributed by atoms with Crippen molar-refractivity contribution in [3.63, 3.8) is 0 Å². The van der Waals surface area contributed by atoms with E-state index < -0.39 is 0 Å². The number of hydrogen-bond acceptors (Lipinski definition) is 8. The van der Waals surface area contributed by atoms with Crippen molar-refractivity contribution in [2.45, 2.75) is 6.04 Å². The molecule has 2 aromatic heterocycles. The molecule has 0 saturated carbocycles. The molecule has 1 unspecified atom stereocenters. The number of nitrogens with one attached hydrogen (secondary N) is 1. The van der Waals surface area contributed by atoms with E-state index in [0.717, 1.165) is 30.9 Å². The van der Waals surface area contributed by atoms with Gasteiger partial charge in [0.05, 0.1) is 11.7 Å². The molecule has 0 spiro atoms. The summed E-state index contributed by atoms with van der Waals surface area (Å²) in [4.78, 5) is 6.77. The van der Waals surface area contributed by atoms with Gasteiger partial charge in [-0.15, -0.1) is 5.10 Å². The molecule has 9 nitrogen and oxygen atoms in total. The SMILES string of the molecule is CN1CCNCC1c1noc(-c2ccc(-n3cnnn3)cc2)n1. The van der Waals surface area contributed by atoms with Crippen molar-refractivity contribution in [2.24, 2.45) is 0 Å². The number of piperazine rings is 1. The van der Waals surface area contributed by atoms with Crippen LogP contribution in [0, 0.1) is 0 Å². The third-order valence-corrected chi connectivity index (χ3v) is 3.98. The Hall–Kier alpha value is -2.65. The Bertz CT molecular complexity index is 766. The van der Waals surface area contributed by atoms with Crippen LogP contribution in [0.1, 0.15) is 11.9 Å². The van der Waals surface area contributed by atoms with Gasteiger partial charge in [0.15, 0.2) is 5.82 Å². The first-order valence-corrected chi connectivity index (χ1v) is 7.39. The zero-order valence-corrected chi connectivity index (χ0v) is 12.6. The molecule has 0 radical (unpaired) electrons. The molecule has 1 atom stereocenters. The Kier molecular flexibility index (Phi) is 3.56. The third kappa shape index (κ3) is 2.71. The molecular formula is C14H16N8O. The standard InChI is InChI=1S/C14H16N8O/c1-21-7-6-15-8-12(21)13-17-14(23-18-13)10-2-4-11(5-3-10)22-9-16-19-20-22/h2-5,9,12,15H,6-8H2,1H3. The number of aromatic nitrogens is 6. The van der Waals surface area contributed by atoms with Crippen LogP contribution in [-0.4, -0.2) is 61.9 Å². The second-order valence-electron chi connectivity index (χ2n) is 5.46. The Morgan fingerprint density at radius 3 is 2.87 bits per heavy atom. The van der Waals surface area contributed by atoms with Crippen LogP contribution in [0.2, 0.25) is 0 Å². The van der Waals surface area contributed by atoms with Crippen LogP contribution in [-0.2, 0) is 0 Å². The third-order valence-electron chi connectivity index (χ3n) is 3.98. The summed E-state index contributed by atoms with van der Waals surface area (Å²) in [6.07, 6.45) is 1.55. The van der Waals surface area contributed by atoms with Crippen molar-refractivity contribution < 1.29 is 4.52 Å². The Labute approximate surface area is 132 Å². The lowest BCUT2D eigenvalue weighted by molar-refractivity contribution is 0.190. The van der Waals surface area contributed by atoms with Crippen molar-refractivity contribution in [3.8, 4) is 17.1 Å². The van der Waals surface area contributed by atoms with E-state index in [4.69, 9.17) is 4.52 Å². The van der Waals surface area contributed by atoms with Crippen LogP contribution in [0.25, 0.3) is 17.1 Å². The Morgan fingerprint density at radius 1 is 1.26 bits per heavy atom. The van der Waals surface area contributed by atoms with Gasteiger partial charge in [-0.25, -0.2) is 4.68 Å². The summed E-state index contributed by atoms with van der Waals surface area (Å²) in [5.74, 6) is 1.22. The van der Waals surface area contributed by atoms with Crippen molar-refractivity contribution in [3.05, 3.63) is 36.4 Å². The van der Waals surface area contributed by atoms with Gasteiger partial charge in [0.1, 0.15) is 6.33 Å². The van der Waals surface area contributed by atoms with Gasteiger partial charge in [-0.2, -0.15) is 4.98 Å². The lowest BCUT2D eigenvalue weighted by Gasteiger charge is -2.30. The van der Waals surface area contributed by atoms with E-state index in [-0.39, 0.29) is 6.04 Å². The lowest BCUT2D eigenvalue weighted by atomic mass is 10.2. The molecule has 1 aliphatic rings. The summed E-state index contributed by atoms with van der Waals surface area (Å²) in [6, 6.07) is 7.78. The first-order chi connectivity index (χ1) is 11.3. The molecule has 118 valence electrons. The van der Waals surface area contributed by atoms with E-state index in [1.165, 1.54) is 0 Å². The summed E-state index contributed by atoms with van der Waals surface area (Å²) < 4.78 is 7.01. The summed E-state index contributed by atoms with van der Waals surface area (Å²) >= 11 is 0. The fourth-order valence-corrected chi connectivity index (χ4v) is 2.62. The van der Waals surface area contributed by atoms with Crippen molar-refractivity contribution in [1.29, 1.82) is 0 Å². The minimum absolute atomic E-state index is 0.141. The fraction of sp³-hybridized carbons (Fsp3) is 0.357. The predicted molar refractivity (Wildman–Crippen MR) is 80.7 cm³/mol. The minimum atomic E-state index is 0.141. The minimum Gasteiger partial charge on any atom is -0.334 e. The van der Waals surface area contributed by atoms with Gasteiger partial charge < -0.3 is 9.84 Å². The van der Waals surface area contributed by atoms with E-state index >= 15 is 0 Å². The van der Waals surface area contributed by atoms with Crippen LogP contribution in [0.3, 0.4) is 0 Å². The lowest BCUT2D eigenvalue weighted by Crippen LogP contribution is -2.44. The first kappa shape index (κ1) is 14.0. The predicted octanol–water partition coefficient (Wildman–Crippen LogP) is 0.288. The number of tetrazole rings is 1. The normalized spacial score (nSPS) is 19.1. The molecule has 0 aliphatic carbocycles. The van der Waals surface area contributed by atoms with Gasteiger partial charge >= 0.3 is 0 Å². The molecule has 1 N–H and O–H groups in total.